The van der Waals surface area contributed by atoms with E-state index in [4.69, 9.17) is 28.4 Å². The fourth-order valence-corrected chi connectivity index (χ4v) is 8.84. The molecule has 0 aliphatic carbocycles. The molecule has 0 fully saturated rings. The van der Waals surface area contributed by atoms with Crippen LogP contribution < -0.4 is 28.4 Å². The number of carbonyl (C=O) groups excluding carboxylic acids is 4. The van der Waals surface area contributed by atoms with Gasteiger partial charge in [0.15, 0.2) is 0 Å². The maximum atomic E-state index is 13.5. The summed E-state index contributed by atoms with van der Waals surface area (Å²) in [5.41, 5.74) is 7.82. The van der Waals surface area contributed by atoms with Crippen LogP contribution >= 0.6 is 0 Å². The van der Waals surface area contributed by atoms with Gasteiger partial charge in [-0.1, -0.05) is 97.1 Å². The highest BCUT2D eigenvalue weighted by atomic mass is 16.6. The normalized spacial score (nSPS) is 12.5. The van der Waals surface area contributed by atoms with Gasteiger partial charge in [-0.25, -0.2) is 19.2 Å². The minimum atomic E-state index is -0.522. The molecule has 68 heavy (non-hydrogen) atoms. The van der Waals surface area contributed by atoms with Crippen molar-refractivity contribution in [3.05, 3.63) is 237 Å². The smallest absolute Gasteiger partial charge is 0.343 e. The molecule has 0 N–H and O–H groups in total. The van der Waals surface area contributed by atoms with Gasteiger partial charge in [-0.05, 0) is 98.5 Å². The molecule has 0 saturated heterocycles. The summed E-state index contributed by atoms with van der Waals surface area (Å²) in [6.07, 6.45) is 0. The Morgan fingerprint density at radius 2 is 0.544 bits per heavy atom. The molecule has 0 bridgehead atoms. The third-order valence-electron chi connectivity index (χ3n) is 12.4. The number of fused-ring (bicyclic) bond motifs is 4. The highest BCUT2D eigenvalue weighted by Gasteiger charge is 2.41. The van der Waals surface area contributed by atoms with Gasteiger partial charge in [0.25, 0.3) is 0 Å². The molecule has 0 saturated carbocycles. The maximum Gasteiger partial charge on any atom is 0.343 e. The molecule has 10 nitrogen and oxygen atoms in total. The summed E-state index contributed by atoms with van der Waals surface area (Å²) in [4.78, 5) is 53.9. The second-order valence-electron chi connectivity index (χ2n) is 16.8. The molecule has 2 aliphatic heterocycles. The second kappa shape index (κ2) is 17.9. The summed E-state index contributed by atoms with van der Waals surface area (Å²) in [5, 5.41) is 0. The molecule has 0 amide bonds. The Kier molecular flexibility index (Phi) is 11.4. The van der Waals surface area contributed by atoms with Crippen molar-refractivity contribution in [3.63, 3.8) is 0 Å². The number of ether oxygens (including phenoxy) is 6. The number of esters is 4. The van der Waals surface area contributed by atoms with Crippen molar-refractivity contribution in [2.75, 3.05) is 0 Å². The van der Waals surface area contributed by atoms with Crippen LogP contribution in [0.5, 0.6) is 46.0 Å². The standard InChI is InChI=1S/C58H42O10/c1-33-13-5-9-17-41(33)55(59)63-37-21-25-45-49(29-37)67-50-30-38(64-56(60)42-18-10-6-14-34(42)2)22-26-46(50)53(45)54-47-27-23-39(65-57(61)43-19-11-7-15-35(43)3)31-51(47)68-52-32-40(24-28-48(52)54)66-58(62)44-20-12-8-16-36(44)4/h5-32,53-54H,1-4H3. The average Bonchev–Trinajstić information content (AvgIpc) is 3.33. The zero-order chi connectivity index (χ0) is 47.1. The molecule has 10 heteroatoms. The first kappa shape index (κ1) is 43.1. The molecule has 334 valence electrons. The number of aryl methyl sites for hydroxylation is 4. The van der Waals surface area contributed by atoms with Crippen molar-refractivity contribution in [2.24, 2.45) is 0 Å². The lowest BCUT2D eigenvalue weighted by molar-refractivity contribution is 0.0723. The van der Waals surface area contributed by atoms with E-state index in [1.165, 1.54) is 0 Å². The summed E-state index contributed by atoms with van der Waals surface area (Å²) in [6, 6.07) is 49.9. The van der Waals surface area contributed by atoms with Crippen LogP contribution in [0.15, 0.2) is 170 Å². The van der Waals surface area contributed by atoms with Gasteiger partial charge >= 0.3 is 23.9 Å². The molecule has 8 aromatic carbocycles. The highest BCUT2D eigenvalue weighted by molar-refractivity contribution is 5.94. The van der Waals surface area contributed by atoms with Crippen LogP contribution in [0, 0.1) is 27.7 Å². The summed E-state index contributed by atoms with van der Waals surface area (Å²) >= 11 is 0. The van der Waals surface area contributed by atoms with Crippen LogP contribution in [-0.4, -0.2) is 23.9 Å². The lowest BCUT2D eigenvalue weighted by Gasteiger charge is -2.38. The van der Waals surface area contributed by atoms with E-state index >= 15 is 0 Å². The van der Waals surface area contributed by atoms with Crippen molar-refractivity contribution in [1.29, 1.82) is 0 Å². The minimum Gasteiger partial charge on any atom is -0.456 e. The summed E-state index contributed by atoms with van der Waals surface area (Å²) in [6.45, 7) is 7.37. The summed E-state index contributed by atoms with van der Waals surface area (Å²) < 4.78 is 37.1. The highest BCUT2D eigenvalue weighted by Crippen LogP contribution is 2.59. The Hall–Kier alpha value is -8.76. The first-order valence-electron chi connectivity index (χ1n) is 22.0. The second-order valence-corrected chi connectivity index (χ2v) is 16.8. The molecule has 0 spiro atoms. The number of benzene rings is 8. The first-order valence-corrected chi connectivity index (χ1v) is 22.0. The average molecular weight is 899 g/mol. The minimum absolute atomic E-state index is 0.259. The molecule has 10 rings (SSSR count). The van der Waals surface area contributed by atoms with E-state index in [1.807, 2.05) is 100 Å². The van der Waals surface area contributed by atoms with Crippen LogP contribution in [0.2, 0.25) is 0 Å². The van der Waals surface area contributed by atoms with Crippen molar-refractivity contribution in [3.8, 4) is 46.0 Å². The van der Waals surface area contributed by atoms with E-state index in [2.05, 4.69) is 0 Å². The van der Waals surface area contributed by atoms with Crippen LogP contribution in [0.3, 0.4) is 0 Å². The van der Waals surface area contributed by atoms with E-state index in [1.54, 1.807) is 97.1 Å². The number of hydrogen-bond donors (Lipinski definition) is 0. The molecular weight excluding hydrogens is 857 g/mol. The van der Waals surface area contributed by atoms with E-state index < -0.39 is 35.7 Å². The quantitative estimate of drug-likeness (QED) is 0.102. The Labute approximate surface area is 392 Å². The lowest BCUT2D eigenvalue weighted by atomic mass is 9.71. The van der Waals surface area contributed by atoms with E-state index in [0.717, 1.165) is 44.5 Å². The van der Waals surface area contributed by atoms with E-state index in [9.17, 15) is 19.2 Å². The molecule has 0 unspecified atom stereocenters. The molecule has 2 aliphatic rings. The van der Waals surface area contributed by atoms with Gasteiger partial charge in [-0.2, -0.15) is 0 Å². The zero-order valence-corrected chi connectivity index (χ0v) is 37.4. The summed E-state index contributed by atoms with van der Waals surface area (Å²) in [7, 11) is 0. The molecular formula is C58H42O10. The van der Waals surface area contributed by atoms with Crippen molar-refractivity contribution >= 4 is 23.9 Å². The monoisotopic (exact) mass is 898 g/mol. The largest absolute Gasteiger partial charge is 0.456 e. The molecule has 0 aromatic heterocycles. The maximum absolute atomic E-state index is 13.5. The van der Waals surface area contributed by atoms with Crippen molar-refractivity contribution in [2.45, 2.75) is 39.5 Å². The van der Waals surface area contributed by atoms with Gasteiger partial charge < -0.3 is 28.4 Å². The number of rotatable bonds is 9. The van der Waals surface area contributed by atoms with Crippen LogP contribution in [0.25, 0.3) is 0 Å². The third kappa shape index (κ3) is 8.35. The van der Waals surface area contributed by atoms with Gasteiger partial charge in [0.2, 0.25) is 0 Å². The van der Waals surface area contributed by atoms with Gasteiger partial charge in [0.05, 0.1) is 22.3 Å². The van der Waals surface area contributed by atoms with Gasteiger partial charge in [-0.15, -0.1) is 0 Å². The molecule has 8 aromatic rings. The SMILES string of the molecule is Cc1ccccc1C(=O)Oc1ccc2c(c1)Oc1cc(OC(=O)c3ccccc3C)ccc1C2C1c2ccc(OC(=O)c3ccccc3C)cc2Oc2cc(OC(=O)c3ccccc3C)ccc21. The van der Waals surface area contributed by atoms with Crippen LogP contribution in [0.1, 0.15) is 97.8 Å². The molecule has 0 atom stereocenters. The zero-order valence-electron chi connectivity index (χ0n) is 37.4. The fourth-order valence-electron chi connectivity index (χ4n) is 8.84. The lowest BCUT2D eigenvalue weighted by Crippen LogP contribution is -2.22. The topological polar surface area (TPSA) is 124 Å². The molecule has 0 radical (unpaired) electrons. The van der Waals surface area contributed by atoms with E-state index in [0.29, 0.717) is 45.3 Å². The Morgan fingerprint density at radius 1 is 0.324 bits per heavy atom. The first-order chi connectivity index (χ1) is 33.0. The predicted molar refractivity (Wildman–Crippen MR) is 254 cm³/mol. The van der Waals surface area contributed by atoms with Gasteiger partial charge in [-0.3, -0.25) is 0 Å². The number of hydrogen-bond acceptors (Lipinski definition) is 10. The fraction of sp³-hybridized carbons (Fsp3) is 0.103. The third-order valence-corrected chi connectivity index (χ3v) is 12.4. The Morgan fingerprint density at radius 3 is 0.765 bits per heavy atom. The van der Waals surface area contributed by atoms with Gasteiger partial charge in [0, 0.05) is 58.4 Å². The van der Waals surface area contributed by atoms with Crippen molar-refractivity contribution < 1.29 is 47.6 Å². The van der Waals surface area contributed by atoms with Gasteiger partial charge in [0.1, 0.15) is 46.0 Å². The van der Waals surface area contributed by atoms with Crippen LogP contribution in [0.4, 0.5) is 0 Å². The Balaban J connectivity index is 1.09. The summed E-state index contributed by atoms with van der Waals surface area (Å²) in [5.74, 6) is -0.437. The number of carbonyl (C=O) groups is 4. The van der Waals surface area contributed by atoms with Crippen LogP contribution in [-0.2, 0) is 0 Å². The van der Waals surface area contributed by atoms with Crippen molar-refractivity contribution in [1.82, 2.24) is 0 Å². The van der Waals surface area contributed by atoms with E-state index in [-0.39, 0.29) is 23.0 Å². The predicted octanol–water partition coefficient (Wildman–Crippen LogP) is 13.0. The Bertz CT molecular complexity index is 2910. The molecule has 2 heterocycles.